The molecule has 1 aromatic heterocycles. The SMILES string of the molecule is O=C([C@@H]1CCCN1S(=O)(=O)c1ccccc1F)N1CCC(c2nc3ccccc3[nH]2)CC1. The molecule has 0 bridgehead atoms. The van der Waals surface area contributed by atoms with Crippen LogP contribution in [0.5, 0.6) is 0 Å². The zero-order valence-electron chi connectivity index (χ0n) is 17.6. The van der Waals surface area contributed by atoms with Gasteiger partial charge in [0.05, 0.1) is 11.0 Å². The number of halogens is 1. The van der Waals surface area contributed by atoms with Gasteiger partial charge in [-0.05, 0) is 49.9 Å². The fourth-order valence-corrected chi connectivity index (χ4v) is 6.52. The first kappa shape index (κ1) is 21.1. The van der Waals surface area contributed by atoms with E-state index in [-0.39, 0.29) is 23.3 Å². The minimum Gasteiger partial charge on any atom is -0.342 e. The van der Waals surface area contributed by atoms with Crippen molar-refractivity contribution >= 4 is 27.0 Å². The van der Waals surface area contributed by atoms with Crippen LogP contribution < -0.4 is 0 Å². The van der Waals surface area contributed by atoms with Crippen LogP contribution in [0.25, 0.3) is 11.0 Å². The highest BCUT2D eigenvalue weighted by molar-refractivity contribution is 7.89. The van der Waals surface area contributed by atoms with Crippen molar-refractivity contribution < 1.29 is 17.6 Å². The van der Waals surface area contributed by atoms with Crippen molar-refractivity contribution in [2.45, 2.75) is 42.5 Å². The Kier molecular flexibility index (Phi) is 5.46. The minimum atomic E-state index is -4.07. The number of aromatic nitrogens is 2. The summed E-state index contributed by atoms with van der Waals surface area (Å²) in [6.07, 6.45) is 2.56. The topological polar surface area (TPSA) is 86.4 Å². The fraction of sp³-hybridized carbons (Fsp3) is 0.391. The molecule has 5 rings (SSSR count). The molecule has 0 saturated carbocycles. The van der Waals surface area contributed by atoms with Crippen molar-refractivity contribution in [2.24, 2.45) is 0 Å². The minimum absolute atomic E-state index is 0.189. The number of hydrogen-bond donors (Lipinski definition) is 1. The monoisotopic (exact) mass is 456 g/mol. The van der Waals surface area contributed by atoms with Gasteiger partial charge in [0, 0.05) is 25.6 Å². The summed E-state index contributed by atoms with van der Waals surface area (Å²) in [4.78, 5) is 22.7. The van der Waals surface area contributed by atoms with E-state index in [0.717, 1.165) is 35.8 Å². The number of likely N-dealkylation sites (tertiary alicyclic amines) is 1. The summed E-state index contributed by atoms with van der Waals surface area (Å²) in [5.41, 5.74) is 1.93. The van der Waals surface area contributed by atoms with E-state index in [0.29, 0.717) is 25.9 Å². The zero-order valence-corrected chi connectivity index (χ0v) is 18.4. The van der Waals surface area contributed by atoms with E-state index in [4.69, 9.17) is 0 Å². The molecule has 9 heteroatoms. The van der Waals surface area contributed by atoms with Crippen LogP contribution in [0.1, 0.15) is 37.4 Å². The lowest BCUT2D eigenvalue weighted by atomic mass is 9.95. The predicted octanol–water partition coefficient (Wildman–Crippen LogP) is 3.26. The molecule has 0 unspecified atom stereocenters. The quantitative estimate of drug-likeness (QED) is 0.653. The van der Waals surface area contributed by atoms with E-state index >= 15 is 0 Å². The van der Waals surface area contributed by atoms with Crippen LogP contribution in [-0.4, -0.2) is 59.2 Å². The van der Waals surface area contributed by atoms with Crippen LogP contribution >= 0.6 is 0 Å². The Bertz CT molecular complexity index is 1220. The van der Waals surface area contributed by atoms with E-state index in [1.807, 2.05) is 24.3 Å². The summed E-state index contributed by atoms with van der Waals surface area (Å²) < 4.78 is 41.5. The average molecular weight is 457 g/mol. The molecule has 1 amide bonds. The Morgan fingerprint density at radius 2 is 1.72 bits per heavy atom. The summed E-state index contributed by atoms with van der Waals surface area (Å²) >= 11 is 0. The molecule has 3 heterocycles. The van der Waals surface area contributed by atoms with Crippen LogP contribution in [0.2, 0.25) is 0 Å². The standard InChI is InChI=1S/C23H25FN4O3S/c24-17-6-1-4-10-21(17)32(30,31)28-13-5-9-20(28)23(29)27-14-11-16(12-15-27)22-25-18-7-2-3-8-19(18)26-22/h1-4,6-8,10,16,20H,5,9,11-15H2,(H,25,26)/t20-/m0/s1. The summed E-state index contributed by atoms with van der Waals surface area (Å²) in [7, 11) is -4.07. The third kappa shape index (κ3) is 3.69. The van der Waals surface area contributed by atoms with Gasteiger partial charge in [0.25, 0.3) is 0 Å². The summed E-state index contributed by atoms with van der Waals surface area (Å²) in [5, 5.41) is 0. The van der Waals surface area contributed by atoms with Crippen LogP contribution in [0, 0.1) is 5.82 Å². The van der Waals surface area contributed by atoms with Crippen molar-refractivity contribution in [3.63, 3.8) is 0 Å². The maximum absolute atomic E-state index is 14.2. The zero-order chi connectivity index (χ0) is 22.3. The highest BCUT2D eigenvalue weighted by Crippen LogP contribution is 2.32. The van der Waals surface area contributed by atoms with Gasteiger partial charge in [0.15, 0.2) is 0 Å². The number of nitrogens with zero attached hydrogens (tertiary/aromatic N) is 3. The van der Waals surface area contributed by atoms with Gasteiger partial charge in [-0.3, -0.25) is 4.79 Å². The molecule has 2 aliphatic rings. The first-order valence-electron chi connectivity index (χ1n) is 10.9. The molecule has 2 aromatic carbocycles. The van der Waals surface area contributed by atoms with Gasteiger partial charge in [0.2, 0.25) is 15.9 Å². The lowest BCUT2D eigenvalue weighted by molar-refractivity contribution is -0.135. The lowest BCUT2D eigenvalue weighted by Crippen LogP contribution is -2.49. The van der Waals surface area contributed by atoms with Crippen molar-refractivity contribution in [2.75, 3.05) is 19.6 Å². The van der Waals surface area contributed by atoms with Crippen molar-refractivity contribution in [1.29, 1.82) is 0 Å². The van der Waals surface area contributed by atoms with Crippen molar-refractivity contribution in [1.82, 2.24) is 19.2 Å². The summed E-state index contributed by atoms with van der Waals surface area (Å²) in [5.74, 6) is 0.180. The normalized spacial score (nSPS) is 20.8. The number of piperidine rings is 1. The van der Waals surface area contributed by atoms with Gasteiger partial charge in [0.1, 0.15) is 22.6 Å². The number of carbonyl (C=O) groups is 1. The molecule has 0 spiro atoms. The van der Waals surface area contributed by atoms with Crippen LogP contribution in [-0.2, 0) is 14.8 Å². The number of hydrogen-bond acceptors (Lipinski definition) is 4. The lowest BCUT2D eigenvalue weighted by Gasteiger charge is -2.34. The second-order valence-electron chi connectivity index (χ2n) is 8.44. The highest BCUT2D eigenvalue weighted by Gasteiger charge is 2.42. The third-order valence-corrected chi connectivity index (χ3v) is 8.45. The van der Waals surface area contributed by atoms with E-state index in [2.05, 4.69) is 9.97 Å². The Balaban J connectivity index is 1.29. The predicted molar refractivity (Wildman–Crippen MR) is 118 cm³/mol. The first-order valence-corrected chi connectivity index (χ1v) is 12.4. The van der Waals surface area contributed by atoms with E-state index in [1.165, 1.54) is 22.5 Å². The Morgan fingerprint density at radius 3 is 2.47 bits per heavy atom. The largest absolute Gasteiger partial charge is 0.342 e. The van der Waals surface area contributed by atoms with E-state index in [9.17, 15) is 17.6 Å². The number of carbonyl (C=O) groups excluding carboxylic acids is 1. The molecule has 0 aliphatic carbocycles. The molecular weight excluding hydrogens is 431 g/mol. The van der Waals surface area contributed by atoms with Crippen molar-refractivity contribution in [3.05, 3.63) is 60.2 Å². The molecule has 3 aromatic rings. The number of imidazole rings is 1. The molecule has 1 atom stereocenters. The van der Waals surface area contributed by atoms with E-state index < -0.39 is 21.9 Å². The molecule has 32 heavy (non-hydrogen) atoms. The third-order valence-electron chi connectivity index (χ3n) is 6.51. The number of sulfonamides is 1. The maximum Gasteiger partial charge on any atom is 0.246 e. The van der Waals surface area contributed by atoms with Gasteiger partial charge in [-0.1, -0.05) is 24.3 Å². The second kappa shape index (κ2) is 8.29. The Hall–Kier alpha value is -2.78. The summed E-state index contributed by atoms with van der Waals surface area (Å²) in [6.45, 7) is 1.32. The number of nitrogens with one attached hydrogen (secondary N) is 1. The number of rotatable bonds is 4. The first-order chi connectivity index (χ1) is 15.4. The number of benzene rings is 2. The van der Waals surface area contributed by atoms with Gasteiger partial charge >= 0.3 is 0 Å². The highest BCUT2D eigenvalue weighted by atomic mass is 32.2. The number of fused-ring (bicyclic) bond motifs is 1. The Labute approximate surface area is 186 Å². The molecule has 0 radical (unpaired) electrons. The molecular formula is C23H25FN4O3S. The van der Waals surface area contributed by atoms with Gasteiger partial charge in [-0.25, -0.2) is 17.8 Å². The van der Waals surface area contributed by atoms with Crippen LogP contribution in [0.4, 0.5) is 4.39 Å². The van der Waals surface area contributed by atoms with Gasteiger partial charge in [-0.15, -0.1) is 0 Å². The Morgan fingerprint density at radius 1 is 1.00 bits per heavy atom. The molecule has 2 fully saturated rings. The van der Waals surface area contributed by atoms with E-state index in [1.54, 1.807) is 4.90 Å². The maximum atomic E-state index is 14.2. The second-order valence-corrected chi connectivity index (χ2v) is 10.3. The molecule has 2 saturated heterocycles. The van der Waals surface area contributed by atoms with Gasteiger partial charge < -0.3 is 9.88 Å². The molecule has 2 aliphatic heterocycles. The van der Waals surface area contributed by atoms with Gasteiger partial charge in [-0.2, -0.15) is 4.31 Å². The number of para-hydroxylation sites is 2. The molecule has 168 valence electrons. The molecule has 7 nitrogen and oxygen atoms in total. The number of H-pyrrole nitrogens is 1. The van der Waals surface area contributed by atoms with Crippen LogP contribution in [0.3, 0.4) is 0 Å². The fourth-order valence-electron chi connectivity index (χ4n) is 4.80. The average Bonchev–Trinajstić information content (AvgIpc) is 3.47. The smallest absolute Gasteiger partial charge is 0.246 e. The molecule has 1 N–H and O–H groups in total. The van der Waals surface area contributed by atoms with Crippen LogP contribution in [0.15, 0.2) is 53.4 Å². The number of aromatic amines is 1. The summed E-state index contributed by atoms with van der Waals surface area (Å²) in [6, 6.07) is 12.4. The number of amides is 1. The van der Waals surface area contributed by atoms with Crippen molar-refractivity contribution in [3.8, 4) is 0 Å².